The first-order valence-corrected chi connectivity index (χ1v) is 18.7. The van der Waals surface area contributed by atoms with Crippen molar-refractivity contribution in [2.24, 2.45) is 0 Å². The van der Waals surface area contributed by atoms with Gasteiger partial charge in [-0.2, -0.15) is 13.0 Å². The van der Waals surface area contributed by atoms with Crippen molar-refractivity contribution in [3.63, 3.8) is 0 Å². The monoisotopic (exact) mass is 736 g/mol. The van der Waals surface area contributed by atoms with Gasteiger partial charge < -0.3 is 14.3 Å². The third-order valence-electron chi connectivity index (χ3n) is 9.42. The molecule has 0 bridgehead atoms. The number of fused-ring (bicyclic) bond motifs is 2. The van der Waals surface area contributed by atoms with Crippen molar-refractivity contribution in [1.29, 1.82) is 0 Å². The summed E-state index contributed by atoms with van der Waals surface area (Å²) in [6.07, 6.45) is 7.48. The maximum absolute atomic E-state index is 12.2. The smallest absolute Gasteiger partial charge is 0.744 e. The number of carbonyl (C=O) groups is 3. The van der Waals surface area contributed by atoms with Gasteiger partial charge in [-0.1, -0.05) is 26.3 Å². The van der Waals surface area contributed by atoms with Gasteiger partial charge in [-0.05, 0) is 68.7 Å². The van der Waals surface area contributed by atoms with E-state index in [1.165, 1.54) is 24.3 Å². The van der Waals surface area contributed by atoms with Crippen molar-refractivity contribution in [1.82, 2.24) is 5.06 Å². The Kier molecular flexibility index (Phi) is 11.4. The number of hydroxylamine groups is 2. The minimum absolute atomic E-state index is 0. The SMILES string of the molecule is C[N+]1=C(C=CC=C2N(CCCCCC(=O)ON3C(=O)CCC3=O)c3ccc(S(=O)(=O)[O-])cc3C2(C)C)C(C)(C)c2cc(S(=O)(=O)O)ccc21.[Na+]. The fourth-order valence-electron chi connectivity index (χ4n) is 6.78. The van der Waals surface area contributed by atoms with Crippen LogP contribution in [0.15, 0.2) is 70.1 Å². The second-order valence-electron chi connectivity index (χ2n) is 13.4. The van der Waals surface area contributed by atoms with Crippen LogP contribution < -0.4 is 34.5 Å². The summed E-state index contributed by atoms with van der Waals surface area (Å²) >= 11 is 0. The van der Waals surface area contributed by atoms with E-state index in [1.807, 2.05) is 57.5 Å². The number of unbranched alkanes of at least 4 members (excludes halogenated alkanes) is 2. The second kappa shape index (κ2) is 14.4. The zero-order valence-corrected chi connectivity index (χ0v) is 32.6. The average molecular weight is 737 g/mol. The Morgan fingerprint density at radius 1 is 0.940 bits per heavy atom. The van der Waals surface area contributed by atoms with Gasteiger partial charge >= 0.3 is 35.5 Å². The molecule has 50 heavy (non-hydrogen) atoms. The van der Waals surface area contributed by atoms with Crippen molar-refractivity contribution in [3.05, 3.63) is 71.5 Å². The molecule has 5 rings (SSSR count). The van der Waals surface area contributed by atoms with Gasteiger partial charge in [0.25, 0.3) is 21.9 Å². The van der Waals surface area contributed by atoms with Gasteiger partial charge in [0.05, 0.1) is 15.2 Å². The first-order valence-electron chi connectivity index (χ1n) is 15.8. The molecule has 2 aromatic carbocycles. The minimum Gasteiger partial charge on any atom is -0.744 e. The number of benzene rings is 2. The van der Waals surface area contributed by atoms with Crippen LogP contribution in [0.5, 0.6) is 0 Å². The summed E-state index contributed by atoms with van der Waals surface area (Å²) in [6.45, 7) is 8.30. The second-order valence-corrected chi connectivity index (χ2v) is 16.2. The van der Waals surface area contributed by atoms with E-state index in [4.69, 9.17) is 4.84 Å². The molecule has 2 aromatic rings. The van der Waals surface area contributed by atoms with Crippen LogP contribution in [0.3, 0.4) is 0 Å². The molecule has 3 aliphatic rings. The van der Waals surface area contributed by atoms with Gasteiger partial charge in [0, 0.05) is 60.3 Å². The molecular formula is C34H39N3NaO10S2+. The third-order valence-corrected chi connectivity index (χ3v) is 11.1. The topological polar surface area (TPSA) is 181 Å². The molecule has 0 saturated carbocycles. The molecule has 0 unspecified atom stereocenters. The van der Waals surface area contributed by atoms with E-state index in [9.17, 15) is 40.3 Å². The van der Waals surface area contributed by atoms with E-state index in [2.05, 4.69) is 4.90 Å². The molecule has 1 fully saturated rings. The maximum atomic E-state index is 12.2. The normalized spacial score (nSPS) is 19.0. The standard InChI is InChI=1S/C34H39N3O10S2.Na/c1-33(2)24-20-22(48(41,42)43)13-15-26(24)35(5)28(33)10-9-11-29-34(3,4)25-21-23(49(44,45)46)14-16-27(25)36(29)19-8-6-7-12-32(40)47-37-30(38)17-18-31(37)39;/h9-11,13-16,20-21H,6-8,12,17-19H2,1-5H3,(H-,41,42,43,44,45,46);/q;+1. The molecule has 3 aliphatic heterocycles. The molecule has 1 N–H and O–H groups in total. The predicted octanol–water partition coefficient (Wildman–Crippen LogP) is 1.25. The van der Waals surface area contributed by atoms with Crippen LogP contribution in [0.1, 0.15) is 77.3 Å². The van der Waals surface area contributed by atoms with E-state index in [0.717, 1.165) is 28.3 Å². The molecule has 262 valence electrons. The number of nitrogens with zero attached hydrogens (tertiary/aromatic N) is 3. The number of carbonyl (C=O) groups excluding carboxylic acids is 3. The Morgan fingerprint density at radius 3 is 2.18 bits per heavy atom. The van der Waals surface area contributed by atoms with Crippen molar-refractivity contribution in [2.45, 2.75) is 86.8 Å². The maximum Gasteiger partial charge on any atom is 1.00 e. The van der Waals surface area contributed by atoms with Crippen molar-refractivity contribution in [3.8, 4) is 0 Å². The van der Waals surface area contributed by atoms with Gasteiger partial charge in [0.15, 0.2) is 5.71 Å². The number of allylic oxidation sites excluding steroid dienone is 4. The third kappa shape index (κ3) is 7.69. The molecule has 13 nitrogen and oxygen atoms in total. The summed E-state index contributed by atoms with van der Waals surface area (Å²) in [4.78, 5) is 42.2. The molecule has 1 saturated heterocycles. The summed E-state index contributed by atoms with van der Waals surface area (Å²) in [5.74, 6) is -1.73. The Balaban J connectivity index is 0.00000562. The van der Waals surface area contributed by atoms with Crippen molar-refractivity contribution < 1.29 is 79.3 Å². The zero-order chi connectivity index (χ0) is 36.1. The van der Waals surface area contributed by atoms with Crippen LogP contribution in [0.25, 0.3) is 0 Å². The average Bonchev–Trinajstić information content (AvgIpc) is 3.51. The fraction of sp³-hybridized carbons (Fsp3) is 0.412. The van der Waals surface area contributed by atoms with E-state index in [1.54, 1.807) is 12.1 Å². The number of amides is 2. The molecule has 16 heteroatoms. The molecule has 0 aromatic heterocycles. The molecule has 0 aliphatic carbocycles. The molecular weight excluding hydrogens is 698 g/mol. The number of imide groups is 1. The summed E-state index contributed by atoms with van der Waals surface area (Å²) in [5.41, 5.74) is 3.36. The summed E-state index contributed by atoms with van der Waals surface area (Å²) in [7, 11) is -7.21. The first-order chi connectivity index (χ1) is 22.7. The van der Waals surface area contributed by atoms with E-state index in [-0.39, 0.29) is 58.6 Å². The van der Waals surface area contributed by atoms with E-state index < -0.39 is 48.8 Å². The Labute approximate surface area is 314 Å². The largest absolute Gasteiger partial charge is 1.00 e. The molecule has 0 atom stereocenters. The quantitative estimate of drug-likeness (QED) is 0.115. The molecule has 3 heterocycles. The van der Waals surface area contributed by atoms with Gasteiger partial charge in [-0.15, -0.1) is 5.06 Å². The van der Waals surface area contributed by atoms with Gasteiger partial charge in [-0.3, -0.25) is 14.1 Å². The van der Waals surface area contributed by atoms with Crippen LogP contribution in [0, 0.1) is 0 Å². The molecule has 0 spiro atoms. The van der Waals surface area contributed by atoms with Gasteiger partial charge in [0.1, 0.15) is 17.2 Å². The molecule has 2 amide bonds. The number of anilines is 1. The first kappa shape index (κ1) is 39.6. The minimum atomic E-state index is -4.70. The van der Waals surface area contributed by atoms with Gasteiger partial charge in [-0.25, -0.2) is 13.2 Å². The van der Waals surface area contributed by atoms with Crippen LogP contribution in [0.2, 0.25) is 0 Å². The Bertz CT molecular complexity index is 2050. The number of hydrogen-bond donors (Lipinski definition) is 1. The van der Waals surface area contributed by atoms with Crippen molar-refractivity contribution >= 4 is 55.1 Å². The summed E-state index contributed by atoms with van der Waals surface area (Å²) < 4.78 is 70.9. The Hall–Kier alpha value is -3.18. The summed E-state index contributed by atoms with van der Waals surface area (Å²) in [5, 5.41) is 0.532. The van der Waals surface area contributed by atoms with Crippen LogP contribution in [0.4, 0.5) is 11.4 Å². The van der Waals surface area contributed by atoms with Crippen LogP contribution in [-0.2, 0) is 50.3 Å². The van der Waals surface area contributed by atoms with Crippen molar-refractivity contribution in [2.75, 3.05) is 18.5 Å². The number of rotatable bonds is 11. The zero-order valence-electron chi connectivity index (χ0n) is 28.9. The van der Waals surface area contributed by atoms with E-state index >= 15 is 0 Å². The van der Waals surface area contributed by atoms with Crippen LogP contribution >= 0.6 is 0 Å². The van der Waals surface area contributed by atoms with Gasteiger partial charge in [0.2, 0.25) is 5.69 Å². The Morgan fingerprint density at radius 2 is 1.56 bits per heavy atom. The number of hydrogen-bond acceptors (Lipinski definition) is 10. The van der Waals surface area contributed by atoms with Crippen LogP contribution in [-0.4, -0.2) is 72.7 Å². The van der Waals surface area contributed by atoms with E-state index in [0.29, 0.717) is 36.4 Å². The predicted molar refractivity (Wildman–Crippen MR) is 178 cm³/mol. The molecule has 0 radical (unpaired) electrons. The summed E-state index contributed by atoms with van der Waals surface area (Å²) in [6, 6.07) is 8.83. The fourth-order valence-corrected chi connectivity index (χ4v) is 7.78.